The minimum Gasteiger partial charge on any atom is -0.409 e. The Morgan fingerprint density at radius 3 is 2.62 bits per heavy atom. The molecular formula is C15H24N4OS. The number of piperazine rings is 1. The maximum atomic E-state index is 9.07. The van der Waals surface area contributed by atoms with Gasteiger partial charge >= 0.3 is 0 Å². The van der Waals surface area contributed by atoms with Crippen LogP contribution in [0.2, 0.25) is 0 Å². The van der Waals surface area contributed by atoms with Crippen LogP contribution < -0.4 is 10.6 Å². The summed E-state index contributed by atoms with van der Waals surface area (Å²) in [4.78, 5) is 5.86. The van der Waals surface area contributed by atoms with Crippen molar-refractivity contribution in [3.05, 3.63) is 23.8 Å². The van der Waals surface area contributed by atoms with Crippen LogP contribution in [0.4, 0.5) is 5.69 Å². The lowest BCUT2D eigenvalue weighted by atomic mass is 10.1. The third kappa shape index (κ3) is 3.63. The van der Waals surface area contributed by atoms with Crippen molar-refractivity contribution in [1.82, 2.24) is 4.90 Å². The lowest BCUT2D eigenvalue weighted by molar-refractivity contribution is 0.258. The van der Waals surface area contributed by atoms with E-state index < -0.39 is 0 Å². The number of hydrogen-bond acceptors (Lipinski definition) is 5. The molecule has 0 bridgehead atoms. The quantitative estimate of drug-likeness (QED) is 0.286. The van der Waals surface area contributed by atoms with Crippen molar-refractivity contribution in [2.24, 2.45) is 10.9 Å². The fraction of sp³-hybridized carbons (Fsp3) is 0.533. The van der Waals surface area contributed by atoms with Gasteiger partial charge < -0.3 is 15.8 Å². The van der Waals surface area contributed by atoms with Crippen molar-refractivity contribution in [2.75, 3.05) is 43.9 Å². The SMILES string of the molecule is CCCN1CCN(c2cccc(SC)c2/C(N)=N/O)CC1. The van der Waals surface area contributed by atoms with Crippen molar-refractivity contribution in [3.63, 3.8) is 0 Å². The molecule has 2 rings (SSSR count). The third-order valence-corrected chi connectivity index (χ3v) is 4.62. The first-order valence-corrected chi connectivity index (χ1v) is 8.56. The maximum Gasteiger partial charge on any atom is 0.173 e. The average Bonchev–Trinajstić information content (AvgIpc) is 2.54. The largest absolute Gasteiger partial charge is 0.409 e. The second-order valence-corrected chi connectivity index (χ2v) is 6.02. The van der Waals surface area contributed by atoms with Gasteiger partial charge in [0.25, 0.3) is 0 Å². The second-order valence-electron chi connectivity index (χ2n) is 5.17. The van der Waals surface area contributed by atoms with Gasteiger partial charge in [0.05, 0.1) is 5.56 Å². The minimum atomic E-state index is 0.186. The first kappa shape index (κ1) is 16.0. The number of benzene rings is 1. The van der Waals surface area contributed by atoms with Crippen molar-refractivity contribution < 1.29 is 5.21 Å². The molecule has 1 fully saturated rings. The number of anilines is 1. The van der Waals surface area contributed by atoms with Gasteiger partial charge in [0.2, 0.25) is 0 Å². The van der Waals surface area contributed by atoms with E-state index in [-0.39, 0.29) is 5.84 Å². The van der Waals surface area contributed by atoms with Gasteiger partial charge in [-0.25, -0.2) is 0 Å². The molecule has 0 aromatic heterocycles. The Morgan fingerprint density at radius 2 is 2.05 bits per heavy atom. The fourth-order valence-corrected chi connectivity index (χ4v) is 3.42. The molecule has 0 aliphatic carbocycles. The molecule has 1 aromatic carbocycles. The van der Waals surface area contributed by atoms with Gasteiger partial charge in [0.1, 0.15) is 0 Å². The monoisotopic (exact) mass is 308 g/mol. The summed E-state index contributed by atoms with van der Waals surface area (Å²) in [5.41, 5.74) is 7.81. The summed E-state index contributed by atoms with van der Waals surface area (Å²) in [6.07, 6.45) is 3.20. The summed E-state index contributed by atoms with van der Waals surface area (Å²) < 4.78 is 0. The number of hydrogen-bond donors (Lipinski definition) is 2. The highest BCUT2D eigenvalue weighted by molar-refractivity contribution is 7.98. The van der Waals surface area contributed by atoms with Crippen molar-refractivity contribution >= 4 is 23.3 Å². The highest BCUT2D eigenvalue weighted by Gasteiger charge is 2.21. The minimum absolute atomic E-state index is 0.186. The van der Waals surface area contributed by atoms with Crippen LogP contribution >= 0.6 is 11.8 Å². The van der Waals surface area contributed by atoms with E-state index >= 15 is 0 Å². The standard InChI is InChI=1S/C15H24N4OS/c1-3-7-18-8-10-19(11-9-18)12-5-4-6-13(21-2)14(12)15(16)17-20/h4-6,20H,3,7-11H2,1-2H3,(H2,16,17). The first-order valence-electron chi connectivity index (χ1n) is 7.33. The molecule has 3 N–H and O–H groups in total. The van der Waals surface area contributed by atoms with E-state index in [0.29, 0.717) is 0 Å². The van der Waals surface area contributed by atoms with Crippen LogP contribution in [0.3, 0.4) is 0 Å². The molecular weight excluding hydrogens is 284 g/mol. The van der Waals surface area contributed by atoms with E-state index in [9.17, 15) is 0 Å². The van der Waals surface area contributed by atoms with E-state index in [1.54, 1.807) is 11.8 Å². The molecule has 1 heterocycles. The van der Waals surface area contributed by atoms with Crippen LogP contribution in [0.15, 0.2) is 28.3 Å². The zero-order valence-electron chi connectivity index (χ0n) is 12.7. The Bertz CT molecular complexity index is 498. The summed E-state index contributed by atoms with van der Waals surface area (Å²) in [5, 5.41) is 12.3. The lowest BCUT2D eigenvalue weighted by Gasteiger charge is -2.37. The molecule has 0 amide bonds. The van der Waals surface area contributed by atoms with E-state index in [1.807, 2.05) is 18.4 Å². The van der Waals surface area contributed by atoms with Gasteiger partial charge in [-0.2, -0.15) is 0 Å². The topological polar surface area (TPSA) is 65.1 Å². The van der Waals surface area contributed by atoms with Gasteiger partial charge in [0.15, 0.2) is 5.84 Å². The van der Waals surface area contributed by atoms with Crippen molar-refractivity contribution in [2.45, 2.75) is 18.2 Å². The zero-order valence-corrected chi connectivity index (χ0v) is 13.6. The van der Waals surface area contributed by atoms with Crippen LogP contribution in [0.5, 0.6) is 0 Å². The number of nitrogens with two attached hydrogens (primary N) is 1. The Balaban J connectivity index is 2.24. The van der Waals surface area contributed by atoms with Crippen molar-refractivity contribution in [1.29, 1.82) is 0 Å². The molecule has 0 unspecified atom stereocenters. The number of thioether (sulfide) groups is 1. The van der Waals surface area contributed by atoms with E-state index in [4.69, 9.17) is 10.9 Å². The first-order chi connectivity index (χ1) is 10.2. The van der Waals surface area contributed by atoms with Gasteiger partial charge in [-0.15, -0.1) is 11.8 Å². The zero-order chi connectivity index (χ0) is 15.2. The lowest BCUT2D eigenvalue weighted by Crippen LogP contribution is -2.47. The molecule has 0 atom stereocenters. The van der Waals surface area contributed by atoms with Gasteiger partial charge in [-0.05, 0) is 31.4 Å². The fourth-order valence-electron chi connectivity index (χ4n) is 2.79. The molecule has 1 aliphatic rings. The van der Waals surface area contributed by atoms with Crippen molar-refractivity contribution in [3.8, 4) is 0 Å². The molecule has 0 spiro atoms. The summed E-state index contributed by atoms with van der Waals surface area (Å²) in [6, 6.07) is 6.10. The average molecular weight is 308 g/mol. The van der Waals surface area contributed by atoms with Gasteiger partial charge in [-0.1, -0.05) is 18.1 Å². The Kier molecular flexibility index (Phi) is 5.76. The molecule has 5 nitrogen and oxygen atoms in total. The van der Waals surface area contributed by atoms with Crippen LogP contribution in [-0.4, -0.2) is 54.9 Å². The van der Waals surface area contributed by atoms with Gasteiger partial charge in [0, 0.05) is 36.8 Å². The molecule has 21 heavy (non-hydrogen) atoms. The number of rotatable bonds is 5. The highest BCUT2D eigenvalue weighted by Crippen LogP contribution is 2.30. The van der Waals surface area contributed by atoms with Crippen LogP contribution in [0.1, 0.15) is 18.9 Å². The maximum absolute atomic E-state index is 9.07. The van der Waals surface area contributed by atoms with E-state index in [2.05, 4.69) is 27.9 Å². The molecule has 6 heteroatoms. The number of oxime groups is 1. The van der Waals surface area contributed by atoms with Crippen LogP contribution in [-0.2, 0) is 0 Å². The predicted octanol–water partition coefficient (Wildman–Crippen LogP) is 2.04. The smallest absolute Gasteiger partial charge is 0.173 e. The molecule has 0 radical (unpaired) electrons. The predicted molar refractivity (Wildman–Crippen MR) is 89.7 cm³/mol. The summed E-state index contributed by atoms with van der Waals surface area (Å²) in [5.74, 6) is 0.186. The Hall–Kier alpha value is -1.40. The molecule has 0 saturated carbocycles. The van der Waals surface area contributed by atoms with Crippen LogP contribution in [0.25, 0.3) is 0 Å². The number of amidine groups is 1. The number of nitrogens with zero attached hydrogens (tertiary/aromatic N) is 3. The normalized spacial score (nSPS) is 17.2. The summed E-state index contributed by atoms with van der Waals surface area (Å²) in [7, 11) is 0. The third-order valence-electron chi connectivity index (χ3n) is 3.84. The second kappa shape index (κ2) is 7.56. The molecule has 1 aliphatic heterocycles. The van der Waals surface area contributed by atoms with Crippen LogP contribution in [0, 0.1) is 0 Å². The van der Waals surface area contributed by atoms with Gasteiger partial charge in [-0.3, -0.25) is 4.90 Å². The molecule has 1 saturated heterocycles. The molecule has 116 valence electrons. The molecule has 1 aromatic rings. The summed E-state index contributed by atoms with van der Waals surface area (Å²) >= 11 is 1.62. The Morgan fingerprint density at radius 1 is 1.33 bits per heavy atom. The van der Waals surface area contributed by atoms with E-state index in [0.717, 1.165) is 48.9 Å². The van der Waals surface area contributed by atoms with E-state index in [1.165, 1.54) is 6.42 Å². The highest BCUT2D eigenvalue weighted by atomic mass is 32.2. The summed E-state index contributed by atoms with van der Waals surface area (Å²) in [6.45, 7) is 7.45. The Labute approximate surface area is 130 Å².